The topological polar surface area (TPSA) is 26.3 Å². The Morgan fingerprint density at radius 1 is 0.909 bits per heavy atom. The van der Waals surface area contributed by atoms with Crippen LogP contribution in [0, 0.1) is 0 Å². The molecule has 0 aliphatic carbocycles. The van der Waals surface area contributed by atoms with Crippen molar-refractivity contribution in [3.05, 3.63) is 36.5 Å². The van der Waals surface area contributed by atoms with Gasteiger partial charge in [-0.1, -0.05) is 56.2 Å². The maximum atomic E-state index is 11.8. The average molecular weight is 304 g/mol. The van der Waals surface area contributed by atoms with Crippen LogP contribution in [-0.4, -0.2) is 12.1 Å². The molecule has 2 nitrogen and oxygen atoms in total. The molecular weight excluding hydrogens is 272 g/mol. The standard InChI is InChI=1S/C20H32O2/c1-2-19-17-15-13-11-9-7-5-3-4-6-8-10-12-14-16-18-20(21)22-19/h4-7,11,13,19H,2-3,8-10,12,14-18H2,1H3/b6-4-,7-5-,13-11-. The van der Waals surface area contributed by atoms with E-state index in [0.29, 0.717) is 6.42 Å². The second-order valence-electron chi connectivity index (χ2n) is 5.94. The molecule has 124 valence electrons. The Labute approximate surface area is 136 Å². The molecule has 0 saturated carbocycles. The highest BCUT2D eigenvalue weighted by Gasteiger charge is 2.11. The fourth-order valence-electron chi connectivity index (χ4n) is 2.54. The largest absolute Gasteiger partial charge is 0.462 e. The molecule has 0 saturated heterocycles. The van der Waals surface area contributed by atoms with Crippen LogP contribution in [0.3, 0.4) is 0 Å². The second-order valence-corrected chi connectivity index (χ2v) is 5.94. The van der Waals surface area contributed by atoms with Gasteiger partial charge in [-0.2, -0.15) is 0 Å². The number of hydrogen-bond donors (Lipinski definition) is 0. The minimum absolute atomic E-state index is 0.0171. The van der Waals surface area contributed by atoms with Crippen molar-refractivity contribution < 1.29 is 9.53 Å². The van der Waals surface area contributed by atoms with Gasteiger partial charge in [0.25, 0.3) is 0 Å². The summed E-state index contributed by atoms with van der Waals surface area (Å²) in [6.45, 7) is 2.09. The van der Waals surface area contributed by atoms with Crippen LogP contribution in [0.5, 0.6) is 0 Å². The molecular formula is C20H32O2. The first-order valence-electron chi connectivity index (χ1n) is 8.97. The zero-order valence-corrected chi connectivity index (χ0v) is 14.1. The number of esters is 1. The Bertz CT molecular complexity index is 366. The van der Waals surface area contributed by atoms with Crippen molar-refractivity contribution in [1.29, 1.82) is 0 Å². The van der Waals surface area contributed by atoms with Crippen LogP contribution < -0.4 is 0 Å². The molecule has 1 aliphatic heterocycles. The van der Waals surface area contributed by atoms with Crippen molar-refractivity contribution in [2.45, 2.75) is 83.7 Å². The van der Waals surface area contributed by atoms with Gasteiger partial charge in [0.15, 0.2) is 0 Å². The minimum Gasteiger partial charge on any atom is -0.462 e. The number of ether oxygens (including phenoxy) is 1. The fraction of sp³-hybridized carbons (Fsp3) is 0.650. The summed E-state index contributed by atoms with van der Waals surface area (Å²) >= 11 is 0. The molecule has 1 atom stereocenters. The molecule has 2 heteroatoms. The van der Waals surface area contributed by atoms with E-state index >= 15 is 0 Å². The monoisotopic (exact) mass is 304 g/mol. The molecule has 0 aromatic rings. The van der Waals surface area contributed by atoms with Crippen LogP contribution in [0.4, 0.5) is 0 Å². The maximum Gasteiger partial charge on any atom is 0.306 e. The van der Waals surface area contributed by atoms with Crippen LogP contribution in [0.25, 0.3) is 0 Å². The van der Waals surface area contributed by atoms with Crippen LogP contribution in [-0.2, 0) is 9.53 Å². The summed E-state index contributed by atoms with van der Waals surface area (Å²) in [5.41, 5.74) is 0. The van der Waals surface area contributed by atoms with Gasteiger partial charge in [0.2, 0.25) is 0 Å². The third-order valence-electron chi connectivity index (χ3n) is 3.95. The van der Waals surface area contributed by atoms with Gasteiger partial charge in [0.05, 0.1) is 0 Å². The van der Waals surface area contributed by atoms with Crippen molar-refractivity contribution in [3.8, 4) is 0 Å². The van der Waals surface area contributed by atoms with Crippen LogP contribution in [0.1, 0.15) is 77.6 Å². The summed E-state index contributed by atoms with van der Waals surface area (Å²) in [4.78, 5) is 11.8. The molecule has 0 N–H and O–H groups in total. The second kappa shape index (κ2) is 13.4. The summed E-state index contributed by atoms with van der Waals surface area (Å²) in [5.74, 6) is -0.0171. The zero-order valence-electron chi connectivity index (χ0n) is 14.1. The number of rotatable bonds is 1. The fourth-order valence-corrected chi connectivity index (χ4v) is 2.54. The lowest BCUT2D eigenvalue weighted by molar-refractivity contribution is -0.149. The van der Waals surface area contributed by atoms with E-state index < -0.39 is 0 Å². The van der Waals surface area contributed by atoms with Gasteiger partial charge in [0, 0.05) is 6.42 Å². The molecule has 1 heterocycles. The molecule has 0 radical (unpaired) electrons. The van der Waals surface area contributed by atoms with Crippen molar-refractivity contribution in [2.75, 3.05) is 0 Å². The Morgan fingerprint density at radius 3 is 2.27 bits per heavy atom. The maximum absolute atomic E-state index is 11.8. The molecule has 22 heavy (non-hydrogen) atoms. The predicted octanol–water partition coefficient (Wildman–Crippen LogP) is 5.89. The summed E-state index contributed by atoms with van der Waals surface area (Å²) in [7, 11) is 0. The zero-order chi connectivity index (χ0) is 15.9. The van der Waals surface area contributed by atoms with Gasteiger partial charge in [-0.15, -0.1) is 0 Å². The quantitative estimate of drug-likeness (QED) is 0.446. The first-order chi connectivity index (χ1) is 10.8. The van der Waals surface area contributed by atoms with Crippen LogP contribution in [0.15, 0.2) is 36.5 Å². The lowest BCUT2D eigenvalue weighted by Crippen LogP contribution is -2.17. The van der Waals surface area contributed by atoms with E-state index in [0.717, 1.165) is 51.4 Å². The summed E-state index contributed by atoms with van der Waals surface area (Å²) < 4.78 is 5.57. The van der Waals surface area contributed by atoms with E-state index in [1.54, 1.807) is 0 Å². The molecule has 0 amide bonds. The number of carbonyl (C=O) groups excluding carboxylic acids is 1. The number of carbonyl (C=O) groups is 1. The molecule has 0 fully saturated rings. The molecule has 0 bridgehead atoms. The van der Waals surface area contributed by atoms with Gasteiger partial charge >= 0.3 is 5.97 Å². The highest BCUT2D eigenvalue weighted by molar-refractivity contribution is 5.69. The highest BCUT2D eigenvalue weighted by atomic mass is 16.5. The van der Waals surface area contributed by atoms with Gasteiger partial charge in [0.1, 0.15) is 6.10 Å². The average Bonchev–Trinajstić information content (AvgIpc) is 2.52. The third kappa shape index (κ3) is 10.4. The first kappa shape index (κ1) is 18.7. The van der Waals surface area contributed by atoms with Gasteiger partial charge < -0.3 is 4.74 Å². The van der Waals surface area contributed by atoms with Crippen molar-refractivity contribution in [2.24, 2.45) is 0 Å². The van der Waals surface area contributed by atoms with E-state index in [1.807, 2.05) is 0 Å². The third-order valence-corrected chi connectivity index (χ3v) is 3.95. The highest BCUT2D eigenvalue weighted by Crippen LogP contribution is 2.12. The molecule has 0 aromatic carbocycles. The van der Waals surface area contributed by atoms with E-state index in [9.17, 15) is 4.79 Å². The molecule has 0 spiro atoms. The minimum atomic E-state index is -0.0171. The van der Waals surface area contributed by atoms with E-state index in [4.69, 9.17) is 4.74 Å². The van der Waals surface area contributed by atoms with E-state index in [-0.39, 0.29) is 12.1 Å². The first-order valence-corrected chi connectivity index (χ1v) is 8.97. The molecule has 0 aromatic heterocycles. The van der Waals surface area contributed by atoms with Crippen molar-refractivity contribution in [1.82, 2.24) is 0 Å². The smallest absolute Gasteiger partial charge is 0.306 e. The van der Waals surface area contributed by atoms with Crippen LogP contribution >= 0.6 is 0 Å². The van der Waals surface area contributed by atoms with Gasteiger partial charge in [-0.05, 0) is 51.4 Å². The lowest BCUT2D eigenvalue weighted by atomic mass is 10.1. The van der Waals surface area contributed by atoms with E-state index in [2.05, 4.69) is 43.4 Å². The summed E-state index contributed by atoms with van der Waals surface area (Å²) in [5, 5.41) is 0. The predicted molar refractivity (Wildman–Crippen MR) is 93.8 cm³/mol. The molecule has 1 rings (SSSR count). The Balaban J connectivity index is 2.42. The number of hydrogen-bond acceptors (Lipinski definition) is 2. The van der Waals surface area contributed by atoms with Crippen molar-refractivity contribution >= 4 is 5.97 Å². The Morgan fingerprint density at radius 2 is 1.55 bits per heavy atom. The van der Waals surface area contributed by atoms with Crippen molar-refractivity contribution in [3.63, 3.8) is 0 Å². The summed E-state index contributed by atoms with van der Waals surface area (Å²) in [6, 6.07) is 0. The summed E-state index contributed by atoms with van der Waals surface area (Å²) in [6.07, 6.45) is 24.5. The van der Waals surface area contributed by atoms with Crippen LogP contribution in [0.2, 0.25) is 0 Å². The van der Waals surface area contributed by atoms with Gasteiger partial charge in [-0.25, -0.2) is 0 Å². The van der Waals surface area contributed by atoms with E-state index in [1.165, 1.54) is 12.8 Å². The normalized spacial score (nSPS) is 27.7. The molecule has 1 aliphatic rings. The lowest BCUT2D eigenvalue weighted by Gasteiger charge is -2.15. The Kier molecular flexibility index (Phi) is 11.4. The number of cyclic esters (lactones) is 1. The van der Waals surface area contributed by atoms with Gasteiger partial charge in [-0.3, -0.25) is 4.79 Å². The Hall–Kier alpha value is -1.31. The SMILES string of the molecule is CCC1CC/C=C\C/C=C\C/C=C\CCCCCCC(=O)O1. The molecule has 1 unspecified atom stereocenters. The number of allylic oxidation sites excluding steroid dienone is 6.